The molecule has 19 heavy (non-hydrogen) atoms. The van der Waals surface area contributed by atoms with E-state index in [4.69, 9.17) is 9.26 Å². The molecule has 0 aliphatic carbocycles. The summed E-state index contributed by atoms with van der Waals surface area (Å²) in [6, 6.07) is 0.315. The number of ether oxygens (including phenoxy) is 1. The molecule has 3 atom stereocenters. The van der Waals surface area contributed by atoms with Gasteiger partial charge in [-0.3, -0.25) is 0 Å². The second-order valence-corrected chi connectivity index (χ2v) is 4.86. The number of hydrogen-bond donors (Lipinski definition) is 1. The van der Waals surface area contributed by atoms with Gasteiger partial charge in [0.05, 0.1) is 5.92 Å². The summed E-state index contributed by atoms with van der Waals surface area (Å²) in [5, 5.41) is 7.45. The van der Waals surface area contributed by atoms with Gasteiger partial charge >= 0.3 is 0 Å². The molecule has 1 aromatic heterocycles. The number of likely N-dealkylation sites (N-methyl/N-ethyl adjacent to an activating group) is 1. The Morgan fingerprint density at radius 2 is 2.00 bits per heavy atom. The zero-order valence-electron chi connectivity index (χ0n) is 12.8. The smallest absolute Gasteiger partial charge is 0.231 e. The van der Waals surface area contributed by atoms with Crippen LogP contribution in [0.15, 0.2) is 4.52 Å². The van der Waals surface area contributed by atoms with Crippen LogP contribution >= 0.6 is 0 Å². The fourth-order valence-electron chi connectivity index (χ4n) is 2.03. The van der Waals surface area contributed by atoms with Crippen LogP contribution in [0.1, 0.15) is 71.2 Å². The number of rotatable bonds is 9. The van der Waals surface area contributed by atoms with Gasteiger partial charge in [-0.25, -0.2) is 0 Å². The fraction of sp³-hybridized carbons (Fsp3) is 0.857. The molecule has 0 fully saturated rings. The van der Waals surface area contributed by atoms with E-state index in [0.717, 1.165) is 19.4 Å². The molecule has 5 heteroatoms. The van der Waals surface area contributed by atoms with Crippen molar-refractivity contribution >= 4 is 0 Å². The van der Waals surface area contributed by atoms with Crippen molar-refractivity contribution in [2.24, 2.45) is 0 Å². The van der Waals surface area contributed by atoms with Gasteiger partial charge in [0.25, 0.3) is 0 Å². The Kier molecular flexibility index (Phi) is 7.02. The third-order valence-corrected chi connectivity index (χ3v) is 3.33. The molecule has 0 aromatic carbocycles. The van der Waals surface area contributed by atoms with Crippen molar-refractivity contribution in [3.05, 3.63) is 11.7 Å². The monoisotopic (exact) mass is 269 g/mol. The van der Waals surface area contributed by atoms with Gasteiger partial charge in [-0.1, -0.05) is 32.3 Å². The van der Waals surface area contributed by atoms with E-state index < -0.39 is 0 Å². The molecule has 0 spiro atoms. The molecule has 0 radical (unpaired) electrons. The van der Waals surface area contributed by atoms with E-state index in [2.05, 4.69) is 43.2 Å². The van der Waals surface area contributed by atoms with E-state index in [-0.39, 0.29) is 12.0 Å². The van der Waals surface area contributed by atoms with E-state index >= 15 is 0 Å². The largest absolute Gasteiger partial charge is 0.370 e. The van der Waals surface area contributed by atoms with E-state index in [9.17, 15) is 0 Å². The second kappa shape index (κ2) is 8.27. The van der Waals surface area contributed by atoms with Gasteiger partial charge in [0, 0.05) is 12.6 Å². The molecule has 5 nitrogen and oxygen atoms in total. The minimum Gasteiger partial charge on any atom is -0.370 e. The van der Waals surface area contributed by atoms with Gasteiger partial charge < -0.3 is 14.6 Å². The number of aromatic nitrogens is 2. The summed E-state index contributed by atoms with van der Waals surface area (Å²) in [5.41, 5.74) is 0. The van der Waals surface area contributed by atoms with Crippen LogP contribution < -0.4 is 5.32 Å². The molecule has 0 bridgehead atoms. The van der Waals surface area contributed by atoms with Crippen LogP contribution in [0.4, 0.5) is 0 Å². The van der Waals surface area contributed by atoms with Crippen molar-refractivity contribution < 1.29 is 9.26 Å². The summed E-state index contributed by atoms with van der Waals surface area (Å²) < 4.78 is 11.1. The Morgan fingerprint density at radius 3 is 2.58 bits per heavy atom. The Hall–Kier alpha value is -0.940. The van der Waals surface area contributed by atoms with Crippen molar-refractivity contribution in [1.29, 1.82) is 0 Å². The lowest BCUT2D eigenvalue weighted by Gasteiger charge is -2.16. The normalized spacial score (nSPS) is 16.3. The molecule has 1 aromatic rings. The highest BCUT2D eigenvalue weighted by Crippen LogP contribution is 2.23. The summed E-state index contributed by atoms with van der Waals surface area (Å²) in [7, 11) is 0. The van der Waals surface area contributed by atoms with Crippen LogP contribution in [0.5, 0.6) is 0 Å². The summed E-state index contributed by atoms with van der Waals surface area (Å²) in [4.78, 5) is 4.51. The lowest BCUT2D eigenvalue weighted by Crippen LogP contribution is -2.30. The molecule has 0 aliphatic rings. The van der Waals surface area contributed by atoms with Gasteiger partial charge in [0.15, 0.2) is 0 Å². The number of hydrogen-bond acceptors (Lipinski definition) is 5. The number of nitrogens with zero attached hydrogens (tertiary/aromatic N) is 2. The molecule has 3 unspecified atom stereocenters. The average molecular weight is 269 g/mol. The van der Waals surface area contributed by atoms with Gasteiger partial charge in [-0.05, 0) is 26.8 Å². The van der Waals surface area contributed by atoms with E-state index in [1.807, 2.05) is 6.92 Å². The first-order chi connectivity index (χ1) is 9.13. The summed E-state index contributed by atoms with van der Waals surface area (Å²) >= 11 is 0. The first kappa shape index (κ1) is 16.1. The quantitative estimate of drug-likeness (QED) is 0.746. The molecular weight excluding hydrogens is 242 g/mol. The van der Waals surface area contributed by atoms with E-state index in [1.165, 1.54) is 0 Å². The van der Waals surface area contributed by atoms with Crippen LogP contribution in [-0.2, 0) is 4.74 Å². The Morgan fingerprint density at radius 1 is 1.26 bits per heavy atom. The third-order valence-electron chi connectivity index (χ3n) is 3.33. The Bertz CT molecular complexity index is 348. The predicted molar refractivity (Wildman–Crippen MR) is 75.1 cm³/mol. The lowest BCUT2D eigenvalue weighted by atomic mass is 10.0. The maximum atomic E-state index is 5.67. The van der Waals surface area contributed by atoms with Crippen molar-refractivity contribution in [2.45, 2.75) is 65.5 Å². The van der Waals surface area contributed by atoms with Crippen LogP contribution in [0, 0.1) is 0 Å². The van der Waals surface area contributed by atoms with Gasteiger partial charge in [-0.15, -0.1) is 0 Å². The van der Waals surface area contributed by atoms with Gasteiger partial charge in [0.1, 0.15) is 6.10 Å². The van der Waals surface area contributed by atoms with E-state index in [1.54, 1.807) is 0 Å². The van der Waals surface area contributed by atoms with Crippen molar-refractivity contribution in [2.75, 3.05) is 13.2 Å². The maximum absolute atomic E-state index is 5.67. The summed E-state index contributed by atoms with van der Waals surface area (Å²) in [5.74, 6) is 1.56. The molecule has 1 N–H and O–H groups in total. The summed E-state index contributed by atoms with van der Waals surface area (Å²) in [6.07, 6.45) is 1.91. The highest BCUT2D eigenvalue weighted by Gasteiger charge is 2.23. The predicted octanol–water partition coefficient (Wildman–Crippen LogP) is 3.05. The molecule has 0 aliphatic heterocycles. The van der Waals surface area contributed by atoms with Crippen molar-refractivity contribution in [3.63, 3.8) is 0 Å². The van der Waals surface area contributed by atoms with E-state index in [0.29, 0.717) is 24.4 Å². The lowest BCUT2D eigenvalue weighted by molar-refractivity contribution is 0.0477. The fourth-order valence-corrected chi connectivity index (χ4v) is 2.03. The topological polar surface area (TPSA) is 60.2 Å². The molecule has 1 heterocycles. The van der Waals surface area contributed by atoms with Crippen LogP contribution in [0.2, 0.25) is 0 Å². The highest BCUT2D eigenvalue weighted by molar-refractivity contribution is 4.98. The molecule has 110 valence electrons. The minimum absolute atomic E-state index is 0.0471. The van der Waals surface area contributed by atoms with Gasteiger partial charge in [0.2, 0.25) is 11.7 Å². The minimum atomic E-state index is -0.0471. The summed E-state index contributed by atoms with van der Waals surface area (Å²) in [6.45, 7) is 12.0. The zero-order chi connectivity index (χ0) is 14.3. The number of nitrogens with one attached hydrogen (secondary N) is 1. The first-order valence-corrected chi connectivity index (χ1v) is 7.32. The maximum Gasteiger partial charge on any atom is 0.231 e. The third kappa shape index (κ3) is 4.58. The molecule has 0 saturated carbocycles. The van der Waals surface area contributed by atoms with Gasteiger partial charge in [-0.2, -0.15) is 4.98 Å². The molecule has 1 rings (SSSR count). The molecule has 0 saturated heterocycles. The van der Waals surface area contributed by atoms with Crippen molar-refractivity contribution in [3.8, 4) is 0 Å². The Balaban J connectivity index is 2.73. The zero-order valence-corrected chi connectivity index (χ0v) is 12.8. The standard InChI is InChI=1S/C14H27N3O2/c1-6-9-12(18-8-3)13-16-14(19-17-13)10(4)11(5)15-7-2/h10-12,15H,6-9H2,1-5H3. The van der Waals surface area contributed by atoms with Crippen LogP contribution in [0.25, 0.3) is 0 Å². The Labute approximate surface area is 116 Å². The SMILES string of the molecule is CCCC(OCC)c1noc(C(C)C(C)NCC)n1. The van der Waals surface area contributed by atoms with Crippen LogP contribution in [0.3, 0.4) is 0 Å². The van der Waals surface area contributed by atoms with Crippen LogP contribution in [-0.4, -0.2) is 29.3 Å². The average Bonchev–Trinajstić information content (AvgIpc) is 2.87. The molecule has 0 amide bonds. The second-order valence-electron chi connectivity index (χ2n) is 4.86. The first-order valence-electron chi connectivity index (χ1n) is 7.32. The molecular formula is C14H27N3O2. The van der Waals surface area contributed by atoms with Crippen molar-refractivity contribution in [1.82, 2.24) is 15.5 Å². The highest BCUT2D eigenvalue weighted by atomic mass is 16.5.